The number of hydrogen-bond acceptors (Lipinski definition) is 4. The van der Waals surface area contributed by atoms with Crippen LogP contribution in [-0.4, -0.2) is 43.9 Å². The summed E-state index contributed by atoms with van der Waals surface area (Å²) >= 11 is 12.5. The summed E-state index contributed by atoms with van der Waals surface area (Å²) in [4.78, 5) is 2.38. The van der Waals surface area contributed by atoms with Crippen LogP contribution in [0.15, 0.2) is 36.4 Å². The smallest absolute Gasteiger partial charge is 0.179 e. The van der Waals surface area contributed by atoms with Crippen molar-refractivity contribution in [1.29, 1.82) is 0 Å². The first-order valence-corrected chi connectivity index (χ1v) is 10.2. The van der Waals surface area contributed by atoms with Gasteiger partial charge in [0, 0.05) is 23.5 Å². The molecule has 0 unspecified atom stereocenters. The number of rotatable bonds is 7. The molecule has 1 aliphatic heterocycles. The van der Waals surface area contributed by atoms with Crippen molar-refractivity contribution >= 4 is 23.2 Å². The van der Waals surface area contributed by atoms with Gasteiger partial charge in [0.15, 0.2) is 11.5 Å². The lowest BCUT2D eigenvalue weighted by atomic mass is 9.75. The molecular weight excluding hydrogens is 397 g/mol. The third-order valence-electron chi connectivity index (χ3n) is 5.44. The second-order valence-electron chi connectivity index (χ2n) is 7.59. The Balaban J connectivity index is 1.76. The lowest BCUT2D eigenvalue weighted by Gasteiger charge is -2.42. The summed E-state index contributed by atoms with van der Waals surface area (Å²) in [5, 5.41) is 11.5. The van der Waals surface area contributed by atoms with Gasteiger partial charge in [0.25, 0.3) is 0 Å². The summed E-state index contributed by atoms with van der Waals surface area (Å²) in [7, 11) is 3.19. The highest BCUT2D eigenvalue weighted by Gasteiger charge is 2.35. The molecule has 1 heterocycles. The van der Waals surface area contributed by atoms with Crippen LogP contribution in [-0.2, 0) is 13.0 Å². The zero-order chi connectivity index (χ0) is 20.1. The molecule has 0 saturated carbocycles. The van der Waals surface area contributed by atoms with Gasteiger partial charge in [-0.2, -0.15) is 0 Å². The van der Waals surface area contributed by atoms with Gasteiger partial charge in [-0.3, -0.25) is 4.90 Å². The van der Waals surface area contributed by atoms with Crippen LogP contribution in [0.5, 0.6) is 11.5 Å². The molecular formula is C22H27Cl2NO3. The van der Waals surface area contributed by atoms with E-state index in [-0.39, 0.29) is 12.0 Å². The van der Waals surface area contributed by atoms with Gasteiger partial charge in [0.2, 0.25) is 0 Å². The quantitative estimate of drug-likeness (QED) is 0.692. The number of methoxy groups -OCH3 is 2. The molecule has 2 aromatic carbocycles. The number of nitrogens with zero attached hydrogens (tertiary/aromatic N) is 1. The van der Waals surface area contributed by atoms with Crippen molar-refractivity contribution in [2.45, 2.75) is 25.8 Å². The molecule has 3 rings (SSSR count). The van der Waals surface area contributed by atoms with Gasteiger partial charge in [-0.05, 0) is 61.2 Å². The van der Waals surface area contributed by atoms with E-state index in [9.17, 15) is 5.11 Å². The standard InChI is InChI=1S/C22H27Cl2NO3/c1-27-20-11-17(10-19(24)21(20)28-2)13-25-8-4-7-22(14-25,15-26)12-16-5-3-6-18(23)9-16/h3,5-6,9-11,26H,4,7-8,12-15H2,1-2H3/t22-/m0/s1. The molecule has 0 spiro atoms. The van der Waals surface area contributed by atoms with Crippen molar-refractivity contribution in [3.05, 3.63) is 57.6 Å². The average Bonchev–Trinajstić information content (AvgIpc) is 2.67. The fourth-order valence-electron chi connectivity index (χ4n) is 4.18. The molecule has 1 saturated heterocycles. The van der Waals surface area contributed by atoms with Crippen molar-refractivity contribution in [2.75, 3.05) is 33.9 Å². The van der Waals surface area contributed by atoms with E-state index in [0.29, 0.717) is 16.5 Å². The monoisotopic (exact) mass is 423 g/mol. The average molecular weight is 424 g/mol. The first-order chi connectivity index (χ1) is 13.5. The first-order valence-electron chi connectivity index (χ1n) is 9.47. The van der Waals surface area contributed by atoms with Gasteiger partial charge in [-0.15, -0.1) is 0 Å². The minimum atomic E-state index is -0.163. The van der Waals surface area contributed by atoms with Crippen molar-refractivity contribution in [3.63, 3.8) is 0 Å². The van der Waals surface area contributed by atoms with Gasteiger partial charge in [0.05, 0.1) is 25.8 Å². The zero-order valence-corrected chi connectivity index (χ0v) is 17.9. The Morgan fingerprint density at radius 2 is 1.93 bits per heavy atom. The minimum absolute atomic E-state index is 0.155. The molecule has 0 amide bonds. The SMILES string of the molecule is COc1cc(CN2CCC[C@](CO)(Cc3cccc(Cl)c3)C2)cc(Cl)c1OC. The van der Waals surface area contributed by atoms with E-state index in [1.54, 1.807) is 14.2 Å². The summed E-state index contributed by atoms with van der Waals surface area (Å²) in [6.07, 6.45) is 2.86. The number of aliphatic hydroxyl groups is 1. The van der Waals surface area contributed by atoms with Gasteiger partial charge in [-0.1, -0.05) is 35.3 Å². The lowest BCUT2D eigenvalue weighted by molar-refractivity contribution is 0.0288. The molecule has 1 atom stereocenters. The Hall–Kier alpha value is -1.46. The molecule has 2 aromatic rings. The van der Waals surface area contributed by atoms with E-state index >= 15 is 0 Å². The number of piperidine rings is 1. The van der Waals surface area contributed by atoms with Crippen LogP contribution in [0.1, 0.15) is 24.0 Å². The number of halogens is 2. The Labute approximate surface area is 177 Å². The Bertz CT molecular complexity index is 814. The van der Waals surface area contributed by atoms with Gasteiger partial charge < -0.3 is 14.6 Å². The van der Waals surface area contributed by atoms with Crippen molar-refractivity contribution in [1.82, 2.24) is 4.90 Å². The first kappa shape index (κ1) is 21.3. The number of hydrogen-bond donors (Lipinski definition) is 1. The van der Waals surface area contributed by atoms with Crippen LogP contribution in [0.2, 0.25) is 10.0 Å². The topological polar surface area (TPSA) is 41.9 Å². The fraction of sp³-hybridized carbons (Fsp3) is 0.455. The fourth-order valence-corrected chi connectivity index (χ4v) is 4.70. The van der Waals surface area contributed by atoms with Crippen LogP contribution in [0.4, 0.5) is 0 Å². The summed E-state index contributed by atoms with van der Waals surface area (Å²) in [5.74, 6) is 1.19. The molecule has 1 N–H and O–H groups in total. The summed E-state index contributed by atoms with van der Waals surface area (Å²) in [6.45, 7) is 2.71. The molecule has 6 heteroatoms. The molecule has 1 fully saturated rings. The van der Waals surface area contributed by atoms with E-state index in [2.05, 4.69) is 11.0 Å². The maximum atomic E-state index is 10.2. The van der Waals surface area contributed by atoms with Gasteiger partial charge >= 0.3 is 0 Å². The van der Waals surface area contributed by atoms with E-state index in [1.807, 2.05) is 30.3 Å². The molecule has 0 aliphatic carbocycles. The van der Waals surface area contributed by atoms with Crippen LogP contribution in [0, 0.1) is 5.41 Å². The van der Waals surface area contributed by atoms with Crippen LogP contribution < -0.4 is 9.47 Å². The van der Waals surface area contributed by atoms with E-state index < -0.39 is 0 Å². The second kappa shape index (κ2) is 9.36. The number of likely N-dealkylation sites (tertiary alicyclic amines) is 1. The Morgan fingerprint density at radius 3 is 2.61 bits per heavy atom. The zero-order valence-electron chi connectivity index (χ0n) is 16.4. The number of aliphatic hydroxyl groups excluding tert-OH is 1. The summed E-state index contributed by atoms with van der Waals surface area (Å²) in [5.41, 5.74) is 2.07. The number of benzene rings is 2. The number of ether oxygens (including phenoxy) is 2. The van der Waals surface area contributed by atoms with E-state index in [4.69, 9.17) is 32.7 Å². The van der Waals surface area contributed by atoms with Gasteiger partial charge in [0.1, 0.15) is 0 Å². The molecule has 0 aromatic heterocycles. The normalized spacial score (nSPS) is 20.2. The van der Waals surface area contributed by atoms with Crippen LogP contribution >= 0.6 is 23.2 Å². The molecule has 0 radical (unpaired) electrons. The van der Waals surface area contributed by atoms with Crippen molar-refractivity contribution in [3.8, 4) is 11.5 Å². The maximum Gasteiger partial charge on any atom is 0.179 e. The summed E-state index contributed by atoms with van der Waals surface area (Å²) in [6, 6.07) is 11.8. The molecule has 4 nitrogen and oxygen atoms in total. The third kappa shape index (κ3) is 4.93. The Morgan fingerprint density at radius 1 is 1.11 bits per heavy atom. The third-order valence-corrected chi connectivity index (χ3v) is 5.96. The highest BCUT2D eigenvalue weighted by atomic mass is 35.5. The molecule has 0 bridgehead atoms. The predicted molar refractivity (Wildman–Crippen MR) is 114 cm³/mol. The lowest BCUT2D eigenvalue weighted by Crippen LogP contribution is -2.46. The highest BCUT2D eigenvalue weighted by molar-refractivity contribution is 6.32. The molecule has 28 heavy (non-hydrogen) atoms. The minimum Gasteiger partial charge on any atom is -0.493 e. The summed E-state index contributed by atoms with van der Waals surface area (Å²) < 4.78 is 10.7. The highest BCUT2D eigenvalue weighted by Crippen LogP contribution is 2.38. The maximum absolute atomic E-state index is 10.2. The van der Waals surface area contributed by atoms with Gasteiger partial charge in [-0.25, -0.2) is 0 Å². The molecule has 152 valence electrons. The van der Waals surface area contributed by atoms with Crippen LogP contribution in [0.3, 0.4) is 0 Å². The van der Waals surface area contributed by atoms with E-state index in [0.717, 1.165) is 55.0 Å². The van der Waals surface area contributed by atoms with Crippen molar-refractivity contribution < 1.29 is 14.6 Å². The second-order valence-corrected chi connectivity index (χ2v) is 8.44. The molecule has 1 aliphatic rings. The Kier molecular flexibility index (Phi) is 7.10. The van der Waals surface area contributed by atoms with E-state index in [1.165, 1.54) is 0 Å². The predicted octanol–water partition coefficient (Wildman–Crippen LogP) is 4.83. The van der Waals surface area contributed by atoms with Crippen LogP contribution in [0.25, 0.3) is 0 Å². The largest absolute Gasteiger partial charge is 0.493 e. The van der Waals surface area contributed by atoms with Crippen molar-refractivity contribution in [2.24, 2.45) is 5.41 Å².